The Kier molecular flexibility index (Phi) is 23.2. The van der Waals surface area contributed by atoms with Crippen LogP contribution in [0.3, 0.4) is 0 Å². The Balaban J connectivity index is 0.000000318. The lowest BCUT2D eigenvalue weighted by Crippen LogP contribution is -2.36. The molecule has 6 heterocycles. The van der Waals surface area contributed by atoms with Crippen LogP contribution in [0.2, 0.25) is 5.02 Å². The molecule has 2 aromatic carbocycles. The fourth-order valence-electron chi connectivity index (χ4n) is 9.31. The number of aryl methyl sites for hydroxylation is 2. The Morgan fingerprint density at radius 2 is 1.84 bits per heavy atom. The van der Waals surface area contributed by atoms with E-state index in [2.05, 4.69) is 43.2 Å². The highest BCUT2D eigenvalue weighted by Gasteiger charge is 2.42. The minimum Gasteiger partial charge on any atom is -0.491 e. The van der Waals surface area contributed by atoms with Gasteiger partial charge in [0.2, 0.25) is 5.91 Å². The summed E-state index contributed by atoms with van der Waals surface area (Å²) in [6.07, 6.45) is 9.60. The number of halogens is 3. The number of methoxy groups -OCH3 is 1. The van der Waals surface area contributed by atoms with Crippen molar-refractivity contribution in [3.05, 3.63) is 91.7 Å². The van der Waals surface area contributed by atoms with Crippen LogP contribution in [0.25, 0.3) is 32.2 Å². The molecule has 2 aliphatic heterocycles. The highest BCUT2D eigenvalue weighted by atomic mass is 35.5. The van der Waals surface area contributed by atoms with Crippen molar-refractivity contribution in [3.63, 3.8) is 0 Å². The standard InChI is InChI=1S/C36H33ClF2N8O5S.C18H33N3O5S.H2/c1-4-5-10-46-18-23(43-44-46)17-45(3)16-21-13-28-30(26(15-40)32(21)52-36(38)39)34(48)47(20(2)42-28)11-12-51-29-7-6-22(37)14-25(29)24-8-9-41-31-27(35(49)50)19-53-33(24)31;1-24-9-10-26-12-11-25-8-4-7-19-16(22)6-3-2-5-15-17-14(13-27-15)20-18(23)21-17;/h6-9,13-14,18-19,36H,4-5,10-12,16-17H2,1-3H3,(H,49,50);14-15,17H,2-13H2,1H3,(H,19,22)(H2,20,21,23);1H/t;14-,15-,17-;/m.0./s1. The zero-order chi connectivity index (χ0) is 57.1. The lowest BCUT2D eigenvalue weighted by atomic mass is 10.0. The molecule has 3 atom stereocenters. The maximum absolute atomic E-state index is 14.0. The van der Waals surface area contributed by atoms with Gasteiger partial charge in [-0.2, -0.15) is 25.8 Å². The molecule has 4 N–H and O–H groups in total. The van der Waals surface area contributed by atoms with Gasteiger partial charge in [-0.1, -0.05) is 36.6 Å². The number of ether oxygens (including phenoxy) is 5. The number of nitrogens with one attached hydrogen (secondary N) is 3. The number of aromatic carboxylic acids is 1. The first kappa shape index (κ1) is 61.1. The predicted molar refractivity (Wildman–Crippen MR) is 302 cm³/mol. The summed E-state index contributed by atoms with van der Waals surface area (Å²) < 4.78 is 57.9. The molecule has 4 aromatic heterocycles. The molecule has 80 heavy (non-hydrogen) atoms. The number of benzene rings is 2. The number of unbranched alkanes of at least 4 members (excludes halogenated alkanes) is 2. The second-order valence-corrected chi connectivity index (χ2v) is 21.6. The third kappa shape index (κ3) is 16.5. The Morgan fingerprint density at radius 3 is 2.60 bits per heavy atom. The molecule has 0 unspecified atom stereocenters. The molecule has 0 spiro atoms. The van der Waals surface area contributed by atoms with Gasteiger partial charge in [0.15, 0.2) is 0 Å². The number of fused-ring (bicyclic) bond motifs is 3. The average Bonchev–Trinajstić information content (AvgIpc) is 4.24. The number of hydrogen-bond acceptors (Lipinski definition) is 17. The minimum atomic E-state index is -3.25. The highest BCUT2D eigenvalue weighted by Crippen LogP contribution is 2.40. The largest absolute Gasteiger partial charge is 0.491 e. The Morgan fingerprint density at radius 1 is 1.04 bits per heavy atom. The minimum absolute atomic E-state index is 0. The van der Waals surface area contributed by atoms with Crippen molar-refractivity contribution in [2.75, 3.05) is 66.1 Å². The van der Waals surface area contributed by atoms with E-state index in [9.17, 15) is 38.3 Å². The summed E-state index contributed by atoms with van der Waals surface area (Å²) in [5, 5.41) is 39.3. The molecule has 0 aliphatic carbocycles. The van der Waals surface area contributed by atoms with Crippen molar-refractivity contribution >= 4 is 73.7 Å². The zero-order valence-corrected chi connectivity index (χ0v) is 47.4. The Bertz CT molecular complexity index is 3180. The SMILES string of the molecule is CCCCn1cc(CN(C)Cc2cc3nc(C)n(CCOc4ccc(Cl)cc4-c4ccnc5c(C(=O)O)csc45)c(=O)c3c(C#N)c2OC(F)F)nn1.COCCOCCOCCCNC(=O)CCCC[C@@H]1SC[C@@H]2NC(=O)N[C@@H]21.[HH]. The van der Waals surface area contributed by atoms with Gasteiger partial charge < -0.3 is 44.7 Å². The van der Waals surface area contributed by atoms with E-state index in [1.807, 2.05) is 28.9 Å². The fraction of sp³-hybridized carbons (Fsp3) is 0.500. The average molecular weight is 1170 g/mol. The van der Waals surface area contributed by atoms with Gasteiger partial charge in [-0.25, -0.2) is 14.6 Å². The van der Waals surface area contributed by atoms with E-state index in [1.165, 1.54) is 33.5 Å². The molecule has 6 aromatic rings. The molecule has 2 saturated heterocycles. The van der Waals surface area contributed by atoms with Crippen molar-refractivity contribution in [1.29, 1.82) is 5.26 Å². The lowest BCUT2D eigenvalue weighted by molar-refractivity contribution is -0.121. The summed E-state index contributed by atoms with van der Waals surface area (Å²) in [5.74, 6) is 0.319. The molecule has 0 saturated carbocycles. The van der Waals surface area contributed by atoms with Crippen LogP contribution in [0.4, 0.5) is 13.6 Å². The number of nitrogens with zero attached hydrogens (tertiary/aromatic N) is 8. The first-order chi connectivity index (χ1) is 38.7. The van der Waals surface area contributed by atoms with Crippen LogP contribution in [-0.4, -0.2) is 147 Å². The number of nitriles is 1. The molecule has 0 radical (unpaired) electrons. The van der Waals surface area contributed by atoms with E-state index < -0.39 is 23.9 Å². The molecule has 3 amide bonds. The van der Waals surface area contributed by atoms with Gasteiger partial charge in [0.25, 0.3) is 5.56 Å². The fourth-order valence-corrected chi connectivity index (χ4v) is 12.1. The van der Waals surface area contributed by atoms with Gasteiger partial charge in [0, 0.05) is 98.2 Å². The van der Waals surface area contributed by atoms with Crippen molar-refractivity contribution in [1.82, 2.24) is 50.4 Å². The van der Waals surface area contributed by atoms with Crippen LogP contribution in [-0.2, 0) is 45.2 Å². The number of carbonyl (C=O) groups excluding carboxylic acids is 2. The maximum Gasteiger partial charge on any atom is 0.387 e. The number of thioether (sulfide) groups is 1. The molecular weight excluding hydrogens is 1100 g/mol. The summed E-state index contributed by atoms with van der Waals surface area (Å²) >= 11 is 9.50. The predicted octanol–water partition coefficient (Wildman–Crippen LogP) is 8.05. The van der Waals surface area contributed by atoms with Crippen LogP contribution in [0.1, 0.15) is 86.3 Å². The van der Waals surface area contributed by atoms with Gasteiger partial charge in [0.05, 0.1) is 77.4 Å². The quantitative estimate of drug-likeness (QED) is 0.0246. The third-order valence-corrected chi connectivity index (χ3v) is 15.9. The first-order valence-electron chi connectivity index (χ1n) is 26.3. The number of alkyl halides is 2. The van der Waals surface area contributed by atoms with Gasteiger partial charge in [-0.3, -0.25) is 28.7 Å². The monoisotopic (exact) mass is 1170 g/mol. The van der Waals surface area contributed by atoms with Crippen LogP contribution in [0.15, 0.2) is 52.9 Å². The van der Waals surface area contributed by atoms with Crippen LogP contribution in [0.5, 0.6) is 11.5 Å². The van der Waals surface area contributed by atoms with E-state index in [-0.39, 0.29) is 72.7 Å². The summed E-state index contributed by atoms with van der Waals surface area (Å²) in [6.45, 7) is 5.14. The smallest absolute Gasteiger partial charge is 0.387 e. The van der Waals surface area contributed by atoms with Gasteiger partial charge >= 0.3 is 18.6 Å². The second kappa shape index (κ2) is 30.3. The van der Waals surface area contributed by atoms with E-state index in [1.54, 1.807) is 50.0 Å². The number of aromatic nitrogens is 6. The maximum atomic E-state index is 14.0. The van der Waals surface area contributed by atoms with Crippen molar-refractivity contribution in [2.24, 2.45) is 0 Å². The molecule has 432 valence electrons. The van der Waals surface area contributed by atoms with Crippen LogP contribution >= 0.6 is 34.7 Å². The van der Waals surface area contributed by atoms with Crippen LogP contribution in [0, 0.1) is 18.3 Å². The van der Waals surface area contributed by atoms with Crippen molar-refractivity contribution < 1.29 is 53.4 Å². The van der Waals surface area contributed by atoms with Crippen molar-refractivity contribution in [2.45, 2.75) is 109 Å². The van der Waals surface area contributed by atoms with Gasteiger partial charge in [-0.15, -0.1) is 16.4 Å². The molecule has 0 bridgehead atoms. The number of hydrogen-bond donors (Lipinski definition) is 4. The normalized spacial score (nSPS) is 15.7. The number of amides is 3. The first-order valence-corrected chi connectivity index (χ1v) is 28.6. The van der Waals surface area contributed by atoms with E-state index >= 15 is 0 Å². The van der Waals surface area contributed by atoms with E-state index in [0.29, 0.717) is 101 Å². The Hall–Kier alpha value is -6.53. The van der Waals surface area contributed by atoms with E-state index in [4.69, 9.17) is 35.3 Å². The summed E-state index contributed by atoms with van der Waals surface area (Å²) in [6, 6.07) is 10.6. The number of urea groups is 1. The van der Waals surface area contributed by atoms with E-state index in [0.717, 1.165) is 50.8 Å². The Labute approximate surface area is 476 Å². The number of pyridine rings is 1. The molecule has 21 nitrogen and oxygen atoms in total. The number of thiophene rings is 1. The molecular formula is C54H68ClF2N11O10S2. The summed E-state index contributed by atoms with van der Waals surface area (Å²) in [7, 11) is 3.41. The zero-order valence-electron chi connectivity index (χ0n) is 45.0. The molecule has 2 fully saturated rings. The number of rotatable bonds is 30. The van der Waals surface area contributed by atoms with Gasteiger partial charge in [-0.05, 0) is 70.0 Å². The molecule has 2 aliphatic rings. The second-order valence-electron chi connectivity index (χ2n) is 19.0. The summed E-state index contributed by atoms with van der Waals surface area (Å²) in [5.41, 5.74) is 1.79. The number of carboxylic acid groups (broad SMARTS) is 1. The number of carbonyl (C=O) groups is 3. The lowest BCUT2D eigenvalue weighted by Gasteiger charge is -2.20. The number of carboxylic acids is 1. The molecule has 26 heteroatoms. The van der Waals surface area contributed by atoms with Crippen LogP contribution < -0.4 is 31.0 Å². The van der Waals surface area contributed by atoms with Crippen molar-refractivity contribution in [3.8, 4) is 28.7 Å². The van der Waals surface area contributed by atoms with Gasteiger partial charge in [0.1, 0.15) is 35.6 Å². The topological polar surface area (TPSA) is 259 Å². The third-order valence-electron chi connectivity index (χ3n) is 13.1. The highest BCUT2D eigenvalue weighted by molar-refractivity contribution is 8.00. The summed E-state index contributed by atoms with van der Waals surface area (Å²) in [4.78, 5) is 59.6. The molecule has 8 rings (SSSR count).